The van der Waals surface area contributed by atoms with E-state index in [1.807, 2.05) is 13.8 Å². The molecule has 2 atom stereocenters. The van der Waals surface area contributed by atoms with Gasteiger partial charge in [0, 0.05) is 13.5 Å². The molecule has 1 aliphatic rings. The Morgan fingerprint density at radius 2 is 2.12 bits per heavy atom. The Morgan fingerprint density at radius 3 is 2.47 bits per heavy atom. The first-order chi connectivity index (χ1) is 7.92. The van der Waals surface area contributed by atoms with Crippen LogP contribution in [0.25, 0.3) is 0 Å². The molecule has 0 aromatic carbocycles. The van der Waals surface area contributed by atoms with Crippen molar-refractivity contribution >= 4 is 11.9 Å². The van der Waals surface area contributed by atoms with Crippen molar-refractivity contribution in [2.75, 3.05) is 13.7 Å². The molecule has 0 unspecified atom stereocenters. The molecule has 0 bridgehead atoms. The summed E-state index contributed by atoms with van der Waals surface area (Å²) in [5.41, 5.74) is -0.977. The Kier molecular flexibility index (Phi) is 4.51. The van der Waals surface area contributed by atoms with Crippen molar-refractivity contribution in [2.24, 2.45) is 5.92 Å². The van der Waals surface area contributed by atoms with Crippen LogP contribution < -0.4 is 5.32 Å². The predicted octanol–water partition coefficient (Wildman–Crippen LogP) is 0.869. The molecule has 1 amide bonds. The van der Waals surface area contributed by atoms with E-state index in [9.17, 15) is 9.59 Å². The highest BCUT2D eigenvalue weighted by molar-refractivity contribution is 5.89. The van der Waals surface area contributed by atoms with Crippen LogP contribution in [0.2, 0.25) is 0 Å². The first-order valence-corrected chi connectivity index (χ1v) is 5.91. The number of esters is 1. The fourth-order valence-corrected chi connectivity index (χ4v) is 2.01. The van der Waals surface area contributed by atoms with E-state index in [1.165, 1.54) is 14.0 Å². The summed E-state index contributed by atoms with van der Waals surface area (Å²) in [7, 11) is 1.32. The number of ether oxygens (including phenoxy) is 2. The van der Waals surface area contributed by atoms with E-state index in [4.69, 9.17) is 9.47 Å². The summed E-state index contributed by atoms with van der Waals surface area (Å²) >= 11 is 0. The lowest BCUT2D eigenvalue weighted by Crippen LogP contribution is -2.68. The van der Waals surface area contributed by atoms with Gasteiger partial charge in [0.1, 0.15) is 0 Å². The van der Waals surface area contributed by atoms with Crippen LogP contribution in [0.1, 0.15) is 33.6 Å². The van der Waals surface area contributed by atoms with E-state index in [1.54, 1.807) is 0 Å². The smallest absolute Gasteiger partial charge is 0.334 e. The van der Waals surface area contributed by atoms with Gasteiger partial charge in [-0.15, -0.1) is 0 Å². The number of rotatable bonds is 5. The van der Waals surface area contributed by atoms with Gasteiger partial charge in [0.15, 0.2) is 5.54 Å². The molecule has 1 aliphatic carbocycles. The van der Waals surface area contributed by atoms with Crippen LogP contribution in [0, 0.1) is 5.92 Å². The first-order valence-electron chi connectivity index (χ1n) is 5.91. The summed E-state index contributed by atoms with van der Waals surface area (Å²) in [6.45, 7) is 6.04. The minimum absolute atomic E-state index is 0.242. The number of nitrogens with one attached hydrogen (secondary N) is 1. The monoisotopic (exact) mass is 243 g/mol. The van der Waals surface area contributed by atoms with Crippen molar-refractivity contribution in [3.63, 3.8) is 0 Å². The van der Waals surface area contributed by atoms with E-state index < -0.39 is 11.5 Å². The Hall–Kier alpha value is -1.10. The second-order valence-corrected chi connectivity index (χ2v) is 4.90. The molecule has 98 valence electrons. The van der Waals surface area contributed by atoms with Gasteiger partial charge in [-0.25, -0.2) is 4.79 Å². The van der Waals surface area contributed by atoms with Crippen molar-refractivity contribution in [3.8, 4) is 0 Å². The third kappa shape index (κ3) is 2.97. The predicted molar refractivity (Wildman–Crippen MR) is 62.4 cm³/mol. The molecule has 0 aromatic rings. The average Bonchev–Trinajstić information content (AvgIpc) is 2.22. The zero-order valence-corrected chi connectivity index (χ0v) is 10.9. The van der Waals surface area contributed by atoms with Gasteiger partial charge >= 0.3 is 5.97 Å². The van der Waals surface area contributed by atoms with E-state index in [0.29, 0.717) is 18.9 Å². The van der Waals surface area contributed by atoms with Crippen LogP contribution in [0.15, 0.2) is 0 Å². The fraction of sp³-hybridized carbons (Fsp3) is 0.833. The van der Waals surface area contributed by atoms with Gasteiger partial charge < -0.3 is 14.8 Å². The Balaban J connectivity index is 2.70. The van der Waals surface area contributed by atoms with Crippen LogP contribution in [0.3, 0.4) is 0 Å². The SMILES string of the molecule is COC(=O)[C@@]1(NC(C)=O)CC[C@H]1OCC(C)C. The van der Waals surface area contributed by atoms with Crippen LogP contribution in [0.4, 0.5) is 0 Å². The highest BCUT2D eigenvalue weighted by Gasteiger charge is 2.55. The summed E-state index contributed by atoms with van der Waals surface area (Å²) in [4.78, 5) is 23.0. The third-order valence-corrected chi connectivity index (χ3v) is 2.93. The van der Waals surface area contributed by atoms with Gasteiger partial charge in [-0.05, 0) is 18.8 Å². The molecular weight excluding hydrogens is 222 g/mol. The molecular formula is C12H21NO4. The Morgan fingerprint density at radius 1 is 1.47 bits per heavy atom. The molecule has 1 saturated carbocycles. The Bertz CT molecular complexity index is 303. The summed E-state index contributed by atoms with van der Waals surface area (Å²) < 4.78 is 10.4. The molecule has 17 heavy (non-hydrogen) atoms. The maximum Gasteiger partial charge on any atom is 0.334 e. The molecule has 5 heteroatoms. The third-order valence-electron chi connectivity index (χ3n) is 2.93. The van der Waals surface area contributed by atoms with Crippen molar-refractivity contribution in [2.45, 2.75) is 45.3 Å². The molecule has 1 N–H and O–H groups in total. The molecule has 5 nitrogen and oxygen atoms in total. The van der Waals surface area contributed by atoms with Gasteiger partial charge in [-0.2, -0.15) is 0 Å². The summed E-state index contributed by atoms with van der Waals surface area (Å²) in [6, 6.07) is 0. The summed E-state index contributed by atoms with van der Waals surface area (Å²) in [5.74, 6) is -0.274. The number of hydrogen-bond donors (Lipinski definition) is 1. The van der Waals surface area contributed by atoms with Gasteiger partial charge in [0.2, 0.25) is 5.91 Å². The van der Waals surface area contributed by atoms with Crippen molar-refractivity contribution in [1.82, 2.24) is 5.32 Å². The van der Waals surface area contributed by atoms with Gasteiger partial charge in [-0.3, -0.25) is 4.79 Å². The number of carbonyl (C=O) groups excluding carboxylic acids is 2. The lowest BCUT2D eigenvalue weighted by atomic mass is 9.73. The molecule has 0 radical (unpaired) electrons. The number of carbonyl (C=O) groups is 2. The minimum Gasteiger partial charge on any atom is -0.467 e. The maximum atomic E-state index is 11.8. The number of hydrogen-bond acceptors (Lipinski definition) is 4. The molecule has 0 saturated heterocycles. The highest BCUT2D eigenvalue weighted by Crippen LogP contribution is 2.36. The zero-order chi connectivity index (χ0) is 13.1. The van der Waals surface area contributed by atoms with Crippen LogP contribution >= 0.6 is 0 Å². The average molecular weight is 243 g/mol. The molecule has 0 aromatic heterocycles. The van der Waals surface area contributed by atoms with Crippen molar-refractivity contribution in [3.05, 3.63) is 0 Å². The summed E-state index contributed by atoms with van der Waals surface area (Å²) in [6.07, 6.45) is 1.06. The number of methoxy groups -OCH3 is 1. The minimum atomic E-state index is -0.977. The zero-order valence-electron chi connectivity index (χ0n) is 10.9. The molecule has 0 aliphatic heterocycles. The lowest BCUT2D eigenvalue weighted by molar-refractivity contribution is -0.171. The molecule has 0 heterocycles. The van der Waals surface area contributed by atoms with Crippen molar-refractivity contribution < 1.29 is 19.1 Å². The molecule has 1 fully saturated rings. The van der Waals surface area contributed by atoms with Gasteiger partial charge in [0.05, 0.1) is 13.2 Å². The van der Waals surface area contributed by atoms with E-state index in [0.717, 1.165) is 6.42 Å². The molecule has 1 rings (SSSR count). The largest absolute Gasteiger partial charge is 0.467 e. The van der Waals surface area contributed by atoms with Gasteiger partial charge in [0.25, 0.3) is 0 Å². The van der Waals surface area contributed by atoms with Crippen molar-refractivity contribution in [1.29, 1.82) is 0 Å². The Labute approximate surface area is 102 Å². The van der Waals surface area contributed by atoms with E-state index in [2.05, 4.69) is 5.32 Å². The summed E-state index contributed by atoms with van der Waals surface area (Å²) in [5, 5.41) is 2.68. The second kappa shape index (κ2) is 5.49. The lowest BCUT2D eigenvalue weighted by Gasteiger charge is -2.46. The fourth-order valence-electron chi connectivity index (χ4n) is 2.01. The standard InChI is InChI=1S/C12H21NO4/c1-8(2)7-17-10-5-6-12(10,11(15)16-4)13-9(3)14/h8,10H,5-7H2,1-4H3,(H,13,14)/t10-,12-/m1/s1. The van der Waals surface area contributed by atoms with E-state index in [-0.39, 0.29) is 12.0 Å². The quantitative estimate of drug-likeness (QED) is 0.728. The maximum absolute atomic E-state index is 11.8. The molecule has 0 spiro atoms. The topological polar surface area (TPSA) is 64.6 Å². The van der Waals surface area contributed by atoms with E-state index >= 15 is 0 Å². The van der Waals surface area contributed by atoms with Crippen LogP contribution in [0.5, 0.6) is 0 Å². The normalized spacial score (nSPS) is 27.5. The van der Waals surface area contributed by atoms with Gasteiger partial charge in [-0.1, -0.05) is 13.8 Å². The van der Waals surface area contributed by atoms with Crippen LogP contribution in [-0.4, -0.2) is 37.2 Å². The first kappa shape index (κ1) is 14.0. The number of amides is 1. The highest BCUT2D eigenvalue weighted by atomic mass is 16.5. The second-order valence-electron chi connectivity index (χ2n) is 4.90. The van der Waals surface area contributed by atoms with Crippen LogP contribution in [-0.2, 0) is 19.1 Å².